The lowest BCUT2D eigenvalue weighted by atomic mass is 10.2. The van der Waals surface area contributed by atoms with Crippen LogP contribution in [0.5, 0.6) is 11.5 Å². The molecular formula is C22H14BrN3O. The highest BCUT2D eigenvalue weighted by Gasteiger charge is 2.07. The van der Waals surface area contributed by atoms with Gasteiger partial charge >= 0.3 is 0 Å². The van der Waals surface area contributed by atoms with E-state index in [1.165, 1.54) is 6.33 Å². The Morgan fingerprint density at radius 1 is 0.926 bits per heavy atom. The van der Waals surface area contributed by atoms with Crippen LogP contribution in [0.15, 0.2) is 77.5 Å². The van der Waals surface area contributed by atoms with Crippen LogP contribution in [0.4, 0.5) is 11.5 Å². The molecule has 0 amide bonds. The molecule has 0 atom stereocenters. The van der Waals surface area contributed by atoms with Gasteiger partial charge in [-0.2, -0.15) is 0 Å². The van der Waals surface area contributed by atoms with Crippen molar-refractivity contribution in [3.05, 3.63) is 83.1 Å². The Morgan fingerprint density at radius 3 is 2.56 bits per heavy atom. The van der Waals surface area contributed by atoms with Crippen LogP contribution in [0.25, 0.3) is 10.9 Å². The fourth-order valence-corrected chi connectivity index (χ4v) is 2.93. The molecule has 0 saturated heterocycles. The number of rotatable bonds is 4. The Labute approximate surface area is 165 Å². The smallest absolute Gasteiger partial charge is 0.141 e. The Bertz CT molecular complexity index is 1150. The predicted molar refractivity (Wildman–Crippen MR) is 111 cm³/mol. The average molecular weight is 416 g/mol. The van der Waals surface area contributed by atoms with Gasteiger partial charge in [-0.15, -0.1) is 6.42 Å². The first-order chi connectivity index (χ1) is 13.2. The van der Waals surface area contributed by atoms with Gasteiger partial charge in [0.15, 0.2) is 0 Å². The molecule has 0 fully saturated rings. The summed E-state index contributed by atoms with van der Waals surface area (Å²) in [6, 6.07) is 21.0. The van der Waals surface area contributed by atoms with Crippen molar-refractivity contribution in [2.24, 2.45) is 0 Å². The van der Waals surface area contributed by atoms with E-state index in [-0.39, 0.29) is 0 Å². The van der Waals surface area contributed by atoms with Crippen molar-refractivity contribution in [3.8, 4) is 23.8 Å². The second kappa shape index (κ2) is 7.48. The van der Waals surface area contributed by atoms with E-state index in [9.17, 15) is 0 Å². The molecule has 0 bridgehead atoms. The molecule has 0 spiro atoms. The maximum atomic E-state index is 5.95. The van der Waals surface area contributed by atoms with E-state index >= 15 is 0 Å². The van der Waals surface area contributed by atoms with Gasteiger partial charge in [-0.1, -0.05) is 27.9 Å². The number of terminal acetylenes is 1. The Morgan fingerprint density at radius 2 is 1.74 bits per heavy atom. The second-order valence-corrected chi connectivity index (χ2v) is 6.72. The maximum Gasteiger partial charge on any atom is 0.141 e. The summed E-state index contributed by atoms with van der Waals surface area (Å²) in [5.41, 5.74) is 2.49. The van der Waals surface area contributed by atoms with Gasteiger partial charge in [0.1, 0.15) is 23.6 Å². The monoisotopic (exact) mass is 415 g/mol. The number of benzene rings is 3. The molecule has 0 aliphatic carbocycles. The molecule has 0 unspecified atom stereocenters. The lowest BCUT2D eigenvalue weighted by Gasteiger charge is -2.11. The van der Waals surface area contributed by atoms with E-state index in [4.69, 9.17) is 11.2 Å². The molecule has 27 heavy (non-hydrogen) atoms. The van der Waals surface area contributed by atoms with Crippen molar-refractivity contribution in [3.63, 3.8) is 0 Å². The summed E-state index contributed by atoms with van der Waals surface area (Å²) in [6.07, 6.45) is 7.01. The molecule has 1 heterocycles. The minimum absolute atomic E-state index is 0.690. The standard InChI is InChI=1S/C22H14BrN3O/c1-2-15-4-3-5-17(12-15)26-22-20-13-19(10-11-21(20)24-14-25-22)27-18-8-6-16(23)7-9-18/h1,3-14H,(H,24,25,26). The lowest BCUT2D eigenvalue weighted by molar-refractivity contribution is 0.483. The Balaban J connectivity index is 1.68. The van der Waals surface area contributed by atoms with Crippen LogP contribution in [-0.2, 0) is 0 Å². The van der Waals surface area contributed by atoms with Gasteiger partial charge in [0.05, 0.1) is 5.52 Å². The average Bonchev–Trinajstić information content (AvgIpc) is 2.70. The van der Waals surface area contributed by atoms with E-state index in [1.807, 2.05) is 66.7 Å². The van der Waals surface area contributed by atoms with E-state index in [1.54, 1.807) is 0 Å². The van der Waals surface area contributed by atoms with Gasteiger partial charge in [-0.25, -0.2) is 9.97 Å². The van der Waals surface area contributed by atoms with Gasteiger partial charge in [0.2, 0.25) is 0 Å². The highest BCUT2D eigenvalue weighted by atomic mass is 79.9. The van der Waals surface area contributed by atoms with Crippen LogP contribution in [0, 0.1) is 12.3 Å². The molecule has 4 rings (SSSR count). The molecule has 0 aliphatic heterocycles. The molecule has 5 heteroatoms. The predicted octanol–water partition coefficient (Wildman–Crippen LogP) is 5.91. The van der Waals surface area contributed by atoms with E-state index < -0.39 is 0 Å². The van der Waals surface area contributed by atoms with Crippen LogP contribution in [0.2, 0.25) is 0 Å². The summed E-state index contributed by atoms with van der Waals surface area (Å²) in [5, 5.41) is 4.17. The minimum Gasteiger partial charge on any atom is -0.457 e. The molecular weight excluding hydrogens is 402 g/mol. The zero-order chi connectivity index (χ0) is 18.6. The number of halogens is 1. The highest BCUT2D eigenvalue weighted by molar-refractivity contribution is 9.10. The van der Waals surface area contributed by atoms with Crippen LogP contribution < -0.4 is 10.1 Å². The summed E-state index contributed by atoms with van der Waals surface area (Å²) < 4.78 is 6.95. The van der Waals surface area contributed by atoms with Gasteiger partial charge in [-0.3, -0.25) is 0 Å². The topological polar surface area (TPSA) is 47.0 Å². The zero-order valence-electron chi connectivity index (χ0n) is 14.2. The normalized spacial score (nSPS) is 10.4. The fraction of sp³-hybridized carbons (Fsp3) is 0. The van der Waals surface area contributed by atoms with Crippen molar-refractivity contribution in [1.29, 1.82) is 0 Å². The second-order valence-electron chi connectivity index (χ2n) is 5.81. The minimum atomic E-state index is 0.690. The van der Waals surface area contributed by atoms with Crippen LogP contribution in [0.3, 0.4) is 0 Å². The molecule has 1 N–H and O–H groups in total. The summed E-state index contributed by atoms with van der Waals surface area (Å²) in [4.78, 5) is 8.71. The van der Waals surface area contributed by atoms with E-state index in [0.29, 0.717) is 11.6 Å². The van der Waals surface area contributed by atoms with Crippen molar-refractivity contribution < 1.29 is 4.74 Å². The largest absolute Gasteiger partial charge is 0.457 e. The molecule has 130 valence electrons. The molecule has 0 aliphatic rings. The number of nitrogens with zero attached hydrogens (tertiary/aromatic N) is 2. The summed E-state index contributed by atoms with van der Waals surface area (Å²) >= 11 is 3.42. The third-order valence-corrected chi connectivity index (χ3v) is 4.48. The van der Waals surface area contributed by atoms with Crippen LogP contribution in [-0.4, -0.2) is 9.97 Å². The summed E-state index contributed by atoms with van der Waals surface area (Å²) in [7, 11) is 0. The van der Waals surface area contributed by atoms with Gasteiger partial charge in [-0.05, 0) is 60.7 Å². The van der Waals surface area contributed by atoms with Crippen molar-refractivity contribution in [2.45, 2.75) is 0 Å². The first-order valence-corrected chi connectivity index (χ1v) is 9.02. The third-order valence-electron chi connectivity index (χ3n) is 3.95. The molecule has 0 saturated carbocycles. The molecule has 1 aromatic heterocycles. The molecule has 0 radical (unpaired) electrons. The number of aromatic nitrogens is 2. The van der Waals surface area contributed by atoms with Crippen LogP contribution in [0.1, 0.15) is 5.56 Å². The number of nitrogens with one attached hydrogen (secondary N) is 1. The number of anilines is 2. The number of hydrogen-bond donors (Lipinski definition) is 1. The van der Waals surface area contributed by atoms with Crippen molar-refractivity contribution in [1.82, 2.24) is 9.97 Å². The summed E-state index contributed by atoms with van der Waals surface area (Å²) in [5.74, 6) is 4.79. The van der Waals surface area contributed by atoms with Crippen LogP contribution >= 0.6 is 15.9 Å². The third kappa shape index (κ3) is 3.91. The maximum absolute atomic E-state index is 5.95. The molecule has 3 aromatic carbocycles. The van der Waals surface area contributed by atoms with Crippen molar-refractivity contribution in [2.75, 3.05) is 5.32 Å². The van der Waals surface area contributed by atoms with E-state index in [0.717, 1.165) is 32.4 Å². The number of ether oxygens (including phenoxy) is 1. The first-order valence-electron chi connectivity index (χ1n) is 8.23. The van der Waals surface area contributed by atoms with Crippen molar-refractivity contribution >= 4 is 38.3 Å². The Hall–Kier alpha value is -3.36. The fourth-order valence-electron chi connectivity index (χ4n) is 2.66. The van der Waals surface area contributed by atoms with Gasteiger partial charge < -0.3 is 10.1 Å². The van der Waals surface area contributed by atoms with E-state index in [2.05, 4.69) is 37.1 Å². The van der Waals surface area contributed by atoms with Gasteiger partial charge in [0, 0.05) is 21.1 Å². The van der Waals surface area contributed by atoms with Gasteiger partial charge in [0.25, 0.3) is 0 Å². The Kier molecular flexibility index (Phi) is 4.73. The lowest BCUT2D eigenvalue weighted by Crippen LogP contribution is -1.96. The summed E-state index contributed by atoms with van der Waals surface area (Å²) in [6.45, 7) is 0. The SMILES string of the molecule is C#Cc1cccc(Nc2ncnc3ccc(Oc4ccc(Br)cc4)cc23)c1. The number of fused-ring (bicyclic) bond motifs is 1. The molecule has 4 nitrogen and oxygen atoms in total. The first kappa shape index (κ1) is 17.1. The quantitative estimate of drug-likeness (QED) is 0.420. The molecule has 4 aromatic rings. The zero-order valence-corrected chi connectivity index (χ0v) is 15.8. The highest BCUT2D eigenvalue weighted by Crippen LogP contribution is 2.30. The number of hydrogen-bond acceptors (Lipinski definition) is 4.